The quantitative estimate of drug-likeness (QED) is 0.590. The Kier molecular flexibility index (Phi) is 4.40. The standard InChI is InChI=1S/C21H34O4/c1-18(2,17(22)23)8-6-9-19(3)11-12-21(5)16(25-21)7-10-20(4,24)15-13-14(15)19/h6,8,14-16,24H,7,9-13H2,1-5H3,(H,22,23)/b8-6+/t14-,15-,16-,19-,20-,21-/m0/s1. The van der Waals surface area contributed by atoms with E-state index in [9.17, 15) is 15.0 Å². The van der Waals surface area contributed by atoms with Crippen LogP contribution in [0.4, 0.5) is 0 Å². The third-order valence-corrected chi connectivity index (χ3v) is 7.29. The second kappa shape index (κ2) is 5.82. The monoisotopic (exact) mass is 350 g/mol. The molecular formula is C21H34O4. The van der Waals surface area contributed by atoms with Gasteiger partial charge < -0.3 is 14.9 Å². The van der Waals surface area contributed by atoms with Gasteiger partial charge in [0, 0.05) is 0 Å². The molecule has 3 rings (SSSR count). The van der Waals surface area contributed by atoms with Gasteiger partial charge in [-0.15, -0.1) is 0 Å². The molecule has 2 saturated carbocycles. The largest absolute Gasteiger partial charge is 0.481 e. The van der Waals surface area contributed by atoms with Crippen LogP contribution >= 0.6 is 0 Å². The van der Waals surface area contributed by atoms with E-state index >= 15 is 0 Å². The maximum Gasteiger partial charge on any atom is 0.312 e. The molecule has 0 unspecified atom stereocenters. The van der Waals surface area contributed by atoms with Crippen molar-refractivity contribution in [2.24, 2.45) is 22.7 Å². The molecule has 1 heterocycles. The third-order valence-electron chi connectivity index (χ3n) is 7.29. The highest BCUT2D eigenvalue weighted by Crippen LogP contribution is 2.62. The van der Waals surface area contributed by atoms with Gasteiger partial charge in [-0.25, -0.2) is 0 Å². The van der Waals surface area contributed by atoms with Crippen LogP contribution in [0.2, 0.25) is 0 Å². The smallest absolute Gasteiger partial charge is 0.312 e. The maximum absolute atomic E-state index is 11.3. The lowest BCUT2D eigenvalue weighted by Crippen LogP contribution is -2.33. The first-order valence-electron chi connectivity index (χ1n) is 9.71. The van der Waals surface area contributed by atoms with E-state index in [1.54, 1.807) is 13.8 Å². The SMILES string of the molecule is CC(C)(/C=C/C[C@@]1(C)CC[C@]2(C)O[C@H]2CC[C@](C)(O)[C@H]2C[C@@H]21)C(=O)O. The van der Waals surface area contributed by atoms with Crippen LogP contribution in [0.25, 0.3) is 0 Å². The number of rotatable bonds is 4. The van der Waals surface area contributed by atoms with E-state index in [-0.39, 0.29) is 11.0 Å². The summed E-state index contributed by atoms with van der Waals surface area (Å²) < 4.78 is 5.96. The summed E-state index contributed by atoms with van der Waals surface area (Å²) in [5.41, 5.74) is -1.38. The van der Waals surface area contributed by atoms with E-state index < -0.39 is 17.0 Å². The highest BCUT2D eigenvalue weighted by Gasteiger charge is 2.60. The molecule has 0 aromatic carbocycles. The molecule has 0 aromatic rings. The van der Waals surface area contributed by atoms with Gasteiger partial charge in [-0.2, -0.15) is 0 Å². The molecule has 2 N–H and O–H groups in total. The second-order valence-electron chi connectivity index (χ2n) is 10.1. The predicted octanol–water partition coefficient (Wildman–Crippen LogP) is 4.17. The van der Waals surface area contributed by atoms with Gasteiger partial charge in [0.05, 0.1) is 22.7 Å². The van der Waals surface area contributed by atoms with E-state index in [1.165, 1.54) is 0 Å². The van der Waals surface area contributed by atoms with E-state index in [0.29, 0.717) is 17.9 Å². The molecule has 3 aliphatic rings. The molecule has 0 bridgehead atoms. The zero-order chi connectivity index (χ0) is 18.7. The van der Waals surface area contributed by atoms with Gasteiger partial charge >= 0.3 is 5.97 Å². The van der Waals surface area contributed by atoms with Gasteiger partial charge in [-0.05, 0) is 83.5 Å². The minimum Gasteiger partial charge on any atom is -0.481 e. The zero-order valence-corrected chi connectivity index (χ0v) is 16.3. The average molecular weight is 350 g/mol. The Balaban J connectivity index is 1.75. The summed E-state index contributed by atoms with van der Waals surface area (Å²) >= 11 is 0. The molecule has 25 heavy (non-hydrogen) atoms. The van der Waals surface area contributed by atoms with Crippen molar-refractivity contribution in [2.45, 2.75) is 90.4 Å². The number of aliphatic carboxylic acids is 1. The first-order chi connectivity index (χ1) is 11.4. The number of fused-ring (bicyclic) bond motifs is 2. The van der Waals surface area contributed by atoms with E-state index in [4.69, 9.17) is 4.74 Å². The van der Waals surface area contributed by atoms with Gasteiger partial charge in [-0.1, -0.05) is 19.1 Å². The van der Waals surface area contributed by atoms with Gasteiger partial charge in [0.15, 0.2) is 0 Å². The summed E-state index contributed by atoms with van der Waals surface area (Å²) in [6.45, 7) is 9.96. The lowest BCUT2D eigenvalue weighted by atomic mass is 9.72. The van der Waals surface area contributed by atoms with Crippen LogP contribution in [0.3, 0.4) is 0 Å². The van der Waals surface area contributed by atoms with Gasteiger partial charge in [0.2, 0.25) is 0 Å². The summed E-state index contributed by atoms with van der Waals surface area (Å²) in [5, 5.41) is 20.2. The number of hydrogen-bond acceptors (Lipinski definition) is 3. The number of aliphatic hydroxyl groups is 1. The Morgan fingerprint density at radius 1 is 1.20 bits per heavy atom. The van der Waals surface area contributed by atoms with Crippen LogP contribution in [0.15, 0.2) is 12.2 Å². The minimum absolute atomic E-state index is 0.0247. The molecule has 0 spiro atoms. The predicted molar refractivity (Wildman–Crippen MR) is 97.2 cm³/mol. The van der Waals surface area contributed by atoms with Crippen LogP contribution in [-0.2, 0) is 9.53 Å². The Labute approximate surface area is 151 Å². The molecule has 0 amide bonds. The number of epoxide rings is 1. The highest BCUT2D eigenvalue weighted by atomic mass is 16.6. The third kappa shape index (κ3) is 3.66. The molecule has 1 saturated heterocycles. The lowest BCUT2D eigenvalue weighted by Gasteiger charge is -2.34. The van der Waals surface area contributed by atoms with Crippen LogP contribution in [0.1, 0.15) is 73.1 Å². The van der Waals surface area contributed by atoms with E-state index in [2.05, 4.69) is 19.9 Å². The van der Waals surface area contributed by atoms with Crippen molar-refractivity contribution in [1.29, 1.82) is 0 Å². The van der Waals surface area contributed by atoms with Crippen LogP contribution in [-0.4, -0.2) is 33.5 Å². The fourth-order valence-electron chi connectivity index (χ4n) is 4.80. The Morgan fingerprint density at radius 3 is 2.52 bits per heavy atom. The number of carboxylic acids is 1. The molecule has 4 nitrogen and oxygen atoms in total. The van der Waals surface area contributed by atoms with Gasteiger partial charge in [0.1, 0.15) is 0 Å². The van der Waals surface area contributed by atoms with E-state index in [0.717, 1.165) is 38.5 Å². The summed E-state index contributed by atoms with van der Waals surface area (Å²) in [7, 11) is 0. The molecule has 3 fully saturated rings. The Hall–Kier alpha value is -0.870. The zero-order valence-electron chi connectivity index (χ0n) is 16.3. The number of allylic oxidation sites excluding steroid dienone is 1. The van der Waals surface area contributed by atoms with Gasteiger partial charge in [-0.3, -0.25) is 4.79 Å². The summed E-state index contributed by atoms with van der Waals surface area (Å²) in [4.78, 5) is 11.3. The molecule has 2 aliphatic carbocycles. The topological polar surface area (TPSA) is 70.1 Å². The van der Waals surface area contributed by atoms with Crippen molar-refractivity contribution in [3.63, 3.8) is 0 Å². The van der Waals surface area contributed by atoms with Crippen molar-refractivity contribution in [2.75, 3.05) is 0 Å². The van der Waals surface area contributed by atoms with Crippen molar-refractivity contribution in [3.05, 3.63) is 12.2 Å². The summed E-state index contributed by atoms with van der Waals surface area (Å²) in [5.74, 6) is 0.0781. The van der Waals surface area contributed by atoms with Gasteiger partial charge in [0.25, 0.3) is 0 Å². The number of ether oxygens (including phenoxy) is 1. The molecule has 6 atom stereocenters. The molecule has 0 aromatic heterocycles. The van der Waals surface area contributed by atoms with Crippen LogP contribution in [0.5, 0.6) is 0 Å². The minimum atomic E-state index is -0.836. The Bertz CT molecular complexity index is 578. The fraction of sp³-hybridized carbons (Fsp3) is 0.857. The first kappa shape index (κ1) is 18.9. The normalized spacial score (nSPS) is 47.0. The van der Waals surface area contributed by atoms with Crippen molar-refractivity contribution < 1.29 is 19.7 Å². The van der Waals surface area contributed by atoms with E-state index in [1.807, 2.05) is 13.0 Å². The second-order valence-corrected chi connectivity index (χ2v) is 10.1. The summed E-state index contributed by atoms with van der Waals surface area (Å²) in [6.07, 6.45) is 10.0. The van der Waals surface area contributed by atoms with Crippen molar-refractivity contribution in [3.8, 4) is 0 Å². The molecule has 4 heteroatoms. The van der Waals surface area contributed by atoms with Crippen LogP contribution in [0, 0.1) is 22.7 Å². The maximum atomic E-state index is 11.3. The number of hydrogen-bond donors (Lipinski definition) is 2. The highest BCUT2D eigenvalue weighted by molar-refractivity contribution is 5.75. The van der Waals surface area contributed by atoms with Crippen molar-refractivity contribution >= 4 is 5.97 Å². The van der Waals surface area contributed by atoms with Crippen molar-refractivity contribution in [1.82, 2.24) is 0 Å². The number of carboxylic acid groups (broad SMARTS) is 1. The number of carbonyl (C=O) groups is 1. The molecular weight excluding hydrogens is 316 g/mol. The fourth-order valence-corrected chi connectivity index (χ4v) is 4.80. The lowest BCUT2D eigenvalue weighted by molar-refractivity contribution is -0.144. The average Bonchev–Trinajstić information content (AvgIpc) is 3.38. The van der Waals surface area contributed by atoms with Crippen LogP contribution < -0.4 is 0 Å². The molecule has 1 aliphatic heterocycles. The molecule has 0 radical (unpaired) electrons. The first-order valence-corrected chi connectivity index (χ1v) is 9.71. The molecule has 142 valence electrons. The Morgan fingerprint density at radius 2 is 1.88 bits per heavy atom. The summed E-state index contributed by atoms with van der Waals surface area (Å²) in [6, 6.07) is 0.